The van der Waals surface area contributed by atoms with Crippen molar-refractivity contribution >= 4 is 10.8 Å². The van der Waals surface area contributed by atoms with Gasteiger partial charge < -0.3 is 23.7 Å². The quantitative estimate of drug-likeness (QED) is 0.415. The predicted molar refractivity (Wildman–Crippen MR) is 137 cm³/mol. The van der Waals surface area contributed by atoms with E-state index in [0.29, 0.717) is 25.6 Å². The van der Waals surface area contributed by atoms with Crippen LogP contribution in [0, 0.1) is 0 Å². The first kappa shape index (κ1) is 25.3. The average molecular weight is 509 g/mol. The van der Waals surface area contributed by atoms with Crippen LogP contribution in [0.4, 0.5) is 0 Å². The van der Waals surface area contributed by atoms with Crippen molar-refractivity contribution in [3.05, 3.63) is 108 Å². The predicted octanol–water partition coefficient (Wildman–Crippen LogP) is 4.76. The summed E-state index contributed by atoms with van der Waals surface area (Å²) in [5.41, 5.74) is 2.35. The third-order valence-electron chi connectivity index (χ3n) is 6.47. The van der Waals surface area contributed by atoms with Crippen LogP contribution in [-0.2, 0) is 47.7 Å². The Morgan fingerprint density at radius 1 is 0.778 bits per heavy atom. The molecule has 0 spiro atoms. The van der Waals surface area contributed by atoms with Gasteiger partial charge in [0.05, 0.1) is 30.6 Å². The molecule has 0 aliphatic carbocycles. The summed E-state index contributed by atoms with van der Waals surface area (Å²) in [5, 5.41) is 0. The van der Waals surface area contributed by atoms with Crippen LogP contribution in [0.5, 0.6) is 0 Å². The number of rotatable bonds is 9. The van der Waals surface area contributed by atoms with Crippen molar-refractivity contribution < 1.29 is 27.9 Å². The van der Waals surface area contributed by atoms with Gasteiger partial charge >= 0.3 is 0 Å². The molecule has 0 unspecified atom stereocenters. The van der Waals surface area contributed by atoms with Gasteiger partial charge in [-0.15, -0.1) is 0 Å². The van der Waals surface area contributed by atoms with Gasteiger partial charge in [0.25, 0.3) is 0 Å². The highest BCUT2D eigenvalue weighted by atomic mass is 32.2. The molecule has 0 radical (unpaired) electrons. The highest BCUT2D eigenvalue weighted by Gasteiger charge is 2.52. The van der Waals surface area contributed by atoms with Gasteiger partial charge in [0, 0.05) is 11.3 Å². The topological polar surface area (TPSA) is 63.2 Å². The van der Waals surface area contributed by atoms with E-state index in [9.17, 15) is 4.21 Å². The zero-order valence-corrected chi connectivity index (χ0v) is 21.1. The van der Waals surface area contributed by atoms with Crippen molar-refractivity contribution in [3.63, 3.8) is 0 Å². The maximum Gasteiger partial charge on any atom is 0.184 e. The largest absolute Gasteiger partial charge is 0.368 e. The Bertz CT molecular complexity index is 1100. The molecule has 3 aromatic carbocycles. The second-order valence-corrected chi connectivity index (χ2v) is 10.7. The fourth-order valence-corrected chi connectivity index (χ4v) is 5.73. The molecule has 2 aliphatic heterocycles. The number of benzene rings is 3. The minimum absolute atomic E-state index is 0.318. The number of fused-ring (bicyclic) bond motifs is 1. The zero-order chi connectivity index (χ0) is 24.7. The molecule has 5 rings (SSSR count). The molecule has 2 aliphatic rings. The van der Waals surface area contributed by atoms with Crippen molar-refractivity contribution in [1.29, 1.82) is 0 Å². The first-order valence-electron chi connectivity index (χ1n) is 12.4. The molecule has 0 saturated carbocycles. The molecule has 7 atom stereocenters. The third-order valence-corrected chi connectivity index (χ3v) is 7.94. The van der Waals surface area contributed by atoms with E-state index in [0.717, 1.165) is 16.7 Å². The van der Waals surface area contributed by atoms with Crippen LogP contribution in [-0.4, -0.2) is 46.4 Å². The summed E-state index contributed by atoms with van der Waals surface area (Å²) < 4.78 is 45.0. The SMILES string of the molecule is CC[S@](=O)[C@H]1O[C@@H]2CO[C@H](c3ccccc3)O[C@H]2[C@H](OCc2ccccc2)[C@@H]1OCc1ccccc1. The first-order chi connectivity index (χ1) is 17.7. The normalized spacial score (nSPS) is 28.8. The van der Waals surface area contributed by atoms with Crippen molar-refractivity contribution in [3.8, 4) is 0 Å². The molecule has 7 heteroatoms. The summed E-state index contributed by atoms with van der Waals surface area (Å²) >= 11 is 0. The fraction of sp³-hybridized carbons (Fsp3) is 0.379. The molecular formula is C29H32O6S. The summed E-state index contributed by atoms with van der Waals surface area (Å²) in [5.74, 6) is 0.451. The van der Waals surface area contributed by atoms with Gasteiger partial charge in [-0.05, 0) is 11.1 Å². The Morgan fingerprint density at radius 3 is 1.92 bits per heavy atom. The van der Waals surface area contributed by atoms with Gasteiger partial charge in [0.2, 0.25) is 0 Å². The second-order valence-electron chi connectivity index (χ2n) is 8.91. The van der Waals surface area contributed by atoms with E-state index in [-0.39, 0.29) is 0 Å². The smallest absolute Gasteiger partial charge is 0.184 e. The van der Waals surface area contributed by atoms with E-state index < -0.39 is 46.9 Å². The summed E-state index contributed by atoms with van der Waals surface area (Å²) in [7, 11) is -1.27. The van der Waals surface area contributed by atoms with Crippen molar-refractivity contribution in [2.75, 3.05) is 12.4 Å². The van der Waals surface area contributed by atoms with Crippen LogP contribution >= 0.6 is 0 Å². The zero-order valence-electron chi connectivity index (χ0n) is 20.3. The monoisotopic (exact) mass is 508 g/mol. The summed E-state index contributed by atoms with van der Waals surface area (Å²) in [4.78, 5) is 0. The van der Waals surface area contributed by atoms with Crippen LogP contribution < -0.4 is 0 Å². The molecule has 0 aromatic heterocycles. The standard InChI is InChI=1S/C29H32O6S/c1-2-36(30)29-27(32-19-22-14-8-4-9-15-22)26(31-18-21-12-6-3-7-13-21)25-24(34-29)20-33-28(35-25)23-16-10-5-11-17-23/h3-17,24-29H,2,18-20H2,1H3/t24-,25-,26+,27+,28+,29-,36+/m1/s1. The number of ether oxygens (including phenoxy) is 5. The highest BCUT2D eigenvalue weighted by Crippen LogP contribution is 2.37. The molecule has 190 valence electrons. The lowest BCUT2D eigenvalue weighted by molar-refractivity contribution is -0.330. The molecule has 0 bridgehead atoms. The maximum absolute atomic E-state index is 13.1. The van der Waals surface area contributed by atoms with E-state index in [4.69, 9.17) is 23.7 Å². The van der Waals surface area contributed by atoms with Crippen molar-refractivity contribution in [1.82, 2.24) is 0 Å². The second kappa shape index (κ2) is 12.2. The Balaban J connectivity index is 1.43. The van der Waals surface area contributed by atoms with E-state index in [1.165, 1.54) is 0 Å². The third kappa shape index (κ3) is 5.94. The van der Waals surface area contributed by atoms with Gasteiger partial charge in [0.1, 0.15) is 24.4 Å². The van der Waals surface area contributed by atoms with Crippen LogP contribution in [0.1, 0.15) is 29.9 Å². The van der Waals surface area contributed by atoms with Gasteiger partial charge in [-0.2, -0.15) is 0 Å². The van der Waals surface area contributed by atoms with Crippen LogP contribution in [0.2, 0.25) is 0 Å². The van der Waals surface area contributed by atoms with E-state index in [2.05, 4.69) is 0 Å². The van der Waals surface area contributed by atoms with Gasteiger partial charge in [0.15, 0.2) is 11.7 Å². The van der Waals surface area contributed by atoms with Gasteiger partial charge in [-0.25, -0.2) is 0 Å². The molecule has 2 fully saturated rings. The molecule has 6 nitrogen and oxygen atoms in total. The minimum Gasteiger partial charge on any atom is -0.368 e. The lowest BCUT2D eigenvalue weighted by Crippen LogP contribution is -2.64. The van der Waals surface area contributed by atoms with Crippen LogP contribution in [0.15, 0.2) is 91.0 Å². The maximum atomic E-state index is 13.1. The summed E-state index contributed by atoms with van der Waals surface area (Å²) in [6.07, 6.45) is -2.48. The molecule has 2 heterocycles. The van der Waals surface area contributed by atoms with Crippen LogP contribution in [0.25, 0.3) is 0 Å². The average Bonchev–Trinajstić information content (AvgIpc) is 2.95. The molecule has 0 N–H and O–H groups in total. The first-order valence-corrected chi connectivity index (χ1v) is 13.8. The molecular weight excluding hydrogens is 476 g/mol. The number of hydrogen-bond donors (Lipinski definition) is 0. The lowest BCUT2D eigenvalue weighted by atomic mass is 9.98. The van der Waals surface area contributed by atoms with E-state index in [1.807, 2.05) is 97.9 Å². The Hall–Kier alpha value is -2.39. The summed E-state index contributed by atoms with van der Waals surface area (Å²) in [6, 6.07) is 29.8. The summed E-state index contributed by atoms with van der Waals surface area (Å²) in [6.45, 7) is 2.94. The lowest BCUT2D eigenvalue weighted by Gasteiger charge is -2.49. The Kier molecular flexibility index (Phi) is 8.59. The fourth-order valence-electron chi connectivity index (χ4n) is 4.60. The molecule has 3 aromatic rings. The van der Waals surface area contributed by atoms with Crippen molar-refractivity contribution in [2.24, 2.45) is 0 Å². The minimum atomic E-state index is -1.27. The van der Waals surface area contributed by atoms with Crippen LogP contribution in [0.3, 0.4) is 0 Å². The van der Waals surface area contributed by atoms with E-state index >= 15 is 0 Å². The molecule has 36 heavy (non-hydrogen) atoms. The number of hydrogen-bond acceptors (Lipinski definition) is 6. The molecule has 0 amide bonds. The Morgan fingerprint density at radius 2 is 1.33 bits per heavy atom. The molecule has 2 saturated heterocycles. The highest BCUT2D eigenvalue weighted by molar-refractivity contribution is 7.85. The van der Waals surface area contributed by atoms with Gasteiger partial charge in [-0.1, -0.05) is 97.9 Å². The van der Waals surface area contributed by atoms with E-state index in [1.54, 1.807) is 0 Å². The Labute approximate surface area is 214 Å². The van der Waals surface area contributed by atoms with Crippen molar-refractivity contribution in [2.45, 2.75) is 56.3 Å². The van der Waals surface area contributed by atoms with Gasteiger partial charge in [-0.3, -0.25) is 4.21 Å².